The van der Waals surface area contributed by atoms with E-state index in [0.717, 1.165) is 33.8 Å². The lowest BCUT2D eigenvalue weighted by atomic mass is 10.2. The molecular formula is C15H12ClNO. The molecule has 0 bridgehead atoms. The molecule has 0 aliphatic carbocycles. The van der Waals surface area contributed by atoms with Gasteiger partial charge >= 0.3 is 0 Å². The third-order valence-corrected chi connectivity index (χ3v) is 3.14. The maximum Gasteiger partial charge on any atom is 0.134 e. The molecule has 0 saturated carbocycles. The average Bonchev–Trinajstić information content (AvgIpc) is 2.82. The second-order valence-electron chi connectivity index (χ2n) is 4.12. The van der Waals surface area contributed by atoms with Crippen molar-refractivity contribution >= 4 is 28.3 Å². The van der Waals surface area contributed by atoms with Crippen molar-refractivity contribution in [1.82, 2.24) is 0 Å². The Morgan fingerprint density at radius 1 is 1.00 bits per heavy atom. The monoisotopic (exact) mass is 257 g/mol. The van der Waals surface area contributed by atoms with Crippen molar-refractivity contribution in [3.63, 3.8) is 0 Å². The van der Waals surface area contributed by atoms with E-state index < -0.39 is 0 Å². The van der Waals surface area contributed by atoms with Crippen LogP contribution in [0, 0.1) is 0 Å². The molecule has 18 heavy (non-hydrogen) atoms. The zero-order valence-corrected chi connectivity index (χ0v) is 10.4. The lowest BCUT2D eigenvalue weighted by molar-refractivity contribution is 0.611. The molecule has 0 radical (unpaired) electrons. The molecule has 90 valence electrons. The highest BCUT2D eigenvalue weighted by molar-refractivity contribution is 6.30. The van der Waals surface area contributed by atoms with Crippen molar-refractivity contribution in [1.29, 1.82) is 0 Å². The second-order valence-corrected chi connectivity index (χ2v) is 4.55. The fourth-order valence-corrected chi connectivity index (χ4v) is 2.06. The zero-order valence-electron chi connectivity index (χ0n) is 9.69. The van der Waals surface area contributed by atoms with Crippen molar-refractivity contribution < 1.29 is 4.42 Å². The number of benzene rings is 2. The van der Waals surface area contributed by atoms with Crippen LogP contribution >= 0.6 is 11.6 Å². The number of hydrogen-bond acceptors (Lipinski definition) is 2. The number of halogens is 1. The van der Waals surface area contributed by atoms with Gasteiger partial charge in [0.05, 0.1) is 6.26 Å². The lowest BCUT2D eigenvalue weighted by Gasteiger charge is -2.04. The molecule has 0 unspecified atom stereocenters. The van der Waals surface area contributed by atoms with E-state index in [9.17, 15) is 0 Å². The van der Waals surface area contributed by atoms with Gasteiger partial charge in [-0.1, -0.05) is 29.8 Å². The Hall–Kier alpha value is -1.93. The molecule has 0 spiro atoms. The Bertz CT molecular complexity index is 658. The Morgan fingerprint density at radius 2 is 1.78 bits per heavy atom. The van der Waals surface area contributed by atoms with Crippen molar-refractivity contribution in [2.24, 2.45) is 0 Å². The van der Waals surface area contributed by atoms with Gasteiger partial charge < -0.3 is 9.73 Å². The number of nitrogens with one attached hydrogen (secondary N) is 1. The number of anilines is 1. The fourth-order valence-electron chi connectivity index (χ4n) is 1.93. The first-order valence-corrected chi connectivity index (χ1v) is 6.15. The SMILES string of the molecule is Clc1ccc(NCc2coc3ccccc23)cc1. The summed E-state index contributed by atoms with van der Waals surface area (Å²) in [5.41, 5.74) is 3.12. The van der Waals surface area contributed by atoms with Gasteiger partial charge in [0, 0.05) is 28.2 Å². The van der Waals surface area contributed by atoms with Crippen LogP contribution in [0.25, 0.3) is 11.0 Å². The lowest BCUT2D eigenvalue weighted by Crippen LogP contribution is -1.97. The first-order chi connectivity index (χ1) is 8.83. The molecule has 2 aromatic carbocycles. The van der Waals surface area contributed by atoms with Gasteiger partial charge in [0.2, 0.25) is 0 Å². The second kappa shape index (κ2) is 4.75. The summed E-state index contributed by atoms with van der Waals surface area (Å²) in [7, 11) is 0. The van der Waals surface area contributed by atoms with Gasteiger partial charge in [-0.2, -0.15) is 0 Å². The molecule has 1 N–H and O–H groups in total. The van der Waals surface area contributed by atoms with Gasteiger partial charge in [-0.05, 0) is 30.3 Å². The summed E-state index contributed by atoms with van der Waals surface area (Å²) in [4.78, 5) is 0. The van der Waals surface area contributed by atoms with E-state index in [4.69, 9.17) is 16.0 Å². The Labute approximate surface area is 110 Å². The average molecular weight is 258 g/mol. The molecule has 0 fully saturated rings. The molecule has 0 saturated heterocycles. The molecule has 3 heteroatoms. The van der Waals surface area contributed by atoms with Crippen LogP contribution < -0.4 is 5.32 Å². The van der Waals surface area contributed by atoms with Crippen LogP contribution in [0.2, 0.25) is 5.02 Å². The van der Waals surface area contributed by atoms with Crippen LogP contribution in [-0.4, -0.2) is 0 Å². The van der Waals surface area contributed by atoms with Gasteiger partial charge in [0.15, 0.2) is 0 Å². The normalized spacial score (nSPS) is 10.7. The summed E-state index contributed by atoms with van der Waals surface area (Å²) in [6, 6.07) is 15.7. The third kappa shape index (κ3) is 2.20. The van der Waals surface area contributed by atoms with Gasteiger partial charge in [0.1, 0.15) is 5.58 Å². The summed E-state index contributed by atoms with van der Waals surface area (Å²) < 4.78 is 5.50. The largest absolute Gasteiger partial charge is 0.464 e. The number of fused-ring (bicyclic) bond motifs is 1. The minimum atomic E-state index is 0.735. The highest BCUT2D eigenvalue weighted by atomic mass is 35.5. The van der Waals surface area contributed by atoms with Crippen molar-refractivity contribution in [2.75, 3.05) is 5.32 Å². The molecule has 1 aromatic heterocycles. The molecule has 0 amide bonds. The van der Waals surface area contributed by atoms with E-state index in [1.165, 1.54) is 0 Å². The van der Waals surface area contributed by atoms with E-state index in [2.05, 4.69) is 11.4 Å². The van der Waals surface area contributed by atoms with Crippen LogP contribution in [-0.2, 0) is 6.54 Å². The van der Waals surface area contributed by atoms with Crippen LogP contribution in [0.4, 0.5) is 5.69 Å². The van der Waals surface area contributed by atoms with Gasteiger partial charge in [-0.15, -0.1) is 0 Å². The quantitative estimate of drug-likeness (QED) is 0.736. The molecule has 3 aromatic rings. The number of rotatable bonds is 3. The fraction of sp³-hybridized carbons (Fsp3) is 0.0667. The Morgan fingerprint density at radius 3 is 2.61 bits per heavy atom. The molecular weight excluding hydrogens is 246 g/mol. The highest BCUT2D eigenvalue weighted by Crippen LogP contribution is 2.22. The van der Waals surface area contributed by atoms with Crippen LogP contribution in [0.5, 0.6) is 0 Å². The van der Waals surface area contributed by atoms with Gasteiger partial charge in [-0.25, -0.2) is 0 Å². The summed E-state index contributed by atoms with van der Waals surface area (Å²) in [5, 5.41) is 5.24. The Balaban J connectivity index is 1.79. The van der Waals surface area contributed by atoms with Crippen molar-refractivity contribution in [2.45, 2.75) is 6.54 Å². The molecule has 0 aliphatic heterocycles. The van der Waals surface area contributed by atoms with E-state index in [1.54, 1.807) is 6.26 Å². The molecule has 0 atom stereocenters. The molecule has 1 heterocycles. The molecule has 0 aliphatic rings. The predicted molar refractivity (Wildman–Crippen MR) is 75.0 cm³/mol. The van der Waals surface area contributed by atoms with Crippen LogP contribution in [0.3, 0.4) is 0 Å². The highest BCUT2D eigenvalue weighted by Gasteiger charge is 2.04. The van der Waals surface area contributed by atoms with Crippen LogP contribution in [0.15, 0.2) is 59.2 Å². The predicted octanol–water partition coefficient (Wildman–Crippen LogP) is 4.70. The van der Waals surface area contributed by atoms with E-state index in [0.29, 0.717) is 0 Å². The summed E-state index contributed by atoms with van der Waals surface area (Å²) >= 11 is 5.85. The minimum absolute atomic E-state index is 0.735. The van der Waals surface area contributed by atoms with Gasteiger partial charge in [-0.3, -0.25) is 0 Å². The van der Waals surface area contributed by atoms with Gasteiger partial charge in [0.25, 0.3) is 0 Å². The zero-order chi connectivity index (χ0) is 12.4. The maximum absolute atomic E-state index is 5.85. The van der Waals surface area contributed by atoms with Crippen LogP contribution in [0.1, 0.15) is 5.56 Å². The smallest absolute Gasteiger partial charge is 0.134 e. The van der Waals surface area contributed by atoms with E-state index in [-0.39, 0.29) is 0 Å². The number of para-hydroxylation sites is 1. The molecule has 3 rings (SSSR count). The molecule has 2 nitrogen and oxygen atoms in total. The summed E-state index contributed by atoms with van der Waals surface area (Å²) in [6.45, 7) is 0.735. The summed E-state index contributed by atoms with van der Waals surface area (Å²) in [6.07, 6.45) is 1.80. The topological polar surface area (TPSA) is 25.2 Å². The van der Waals surface area contributed by atoms with E-state index >= 15 is 0 Å². The van der Waals surface area contributed by atoms with Crippen molar-refractivity contribution in [3.05, 3.63) is 65.4 Å². The van der Waals surface area contributed by atoms with E-state index in [1.807, 2.05) is 42.5 Å². The maximum atomic E-state index is 5.85. The number of furan rings is 1. The standard InChI is InChI=1S/C15H12ClNO/c16-12-5-7-13(8-6-12)17-9-11-10-18-15-4-2-1-3-14(11)15/h1-8,10,17H,9H2. The van der Waals surface area contributed by atoms with Crippen molar-refractivity contribution in [3.8, 4) is 0 Å². The minimum Gasteiger partial charge on any atom is -0.464 e. The Kier molecular flexibility index (Phi) is 2.95. The summed E-state index contributed by atoms with van der Waals surface area (Å²) in [5.74, 6) is 0. The number of hydrogen-bond donors (Lipinski definition) is 1. The first kappa shape index (κ1) is 11.2. The first-order valence-electron chi connectivity index (χ1n) is 5.77. The third-order valence-electron chi connectivity index (χ3n) is 2.89.